The van der Waals surface area contributed by atoms with E-state index < -0.39 is 21.5 Å². The zero-order chi connectivity index (χ0) is 37.2. The van der Waals surface area contributed by atoms with Crippen molar-refractivity contribution in [3.05, 3.63) is 125 Å². The topological polar surface area (TPSA) is 103 Å². The summed E-state index contributed by atoms with van der Waals surface area (Å²) in [7, 11) is 0. The molecule has 9 nitrogen and oxygen atoms in total. The minimum absolute atomic E-state index is 0.0143. The molecule has 12 heteroatoms. The zero-order valence-corrected chi connectivity index (χ0v) is 31.7. The molecule has 2 amide bonds. The van der Waals surface area contributed by atoms with Crippen LogP contribution >= 0.6 is 34.8 Å². The Kier molecular flexibility index (Phi) is 11.3. The van der Waals surface area contributed by atoms with Gasteiger partial charge < -0.3 is 35.0 Å². The Bertz CT molecular complexity index is 1900. The number of benzene rings is 4. The van der Waals surface area contributed by atoms with Crippen molar-refractivity contribution in [3.8, 4) is 11.1 Å². The Hall–Kier alpha value is -3.67. The molecule has 3 heterocycles. The maximum atomic E-state index is 13.3. The SMILES string of the molecule is CC1C(CN2CCC3(CC2)C(=O)NCN3c2ccccc2)OC(c2cccc(-c3cccc(CNC(=O)C(Cl)(Cl)Cl)c3)c2)OC1c1ccc(CO)cc1. The first-order valence-electron chi connectivity index (χ1n) is 17.9. The van der Waals surface area contributed by atoms with E-state index in [9.17, 15) is 14.7 Å². The minimum atomic E-state index is -2.04. The van der Waals surface area contributed by atoms with Crippen LogP contribution in [0.4, 0.5) is 5.69 Å². The first kappa shape index (κ1) is 37.6. The number of hydrogen-bond donors (Lipinski definition) is 3. The predicted octanol–water partition coefficient (Wildman–Crippen LogP) is 7.05. The molecule has 4 aromatic carbocycles. The number of alkyl halides is 3. The Balaban J connectivity index is 1.10. The van der Waals surface area contributed by atoms with Crippen molar-refractivity contribution in [2.24, 2.45) is 5.92 Å². The first-order valence-corrected chi connectivity index (χ1v) is 19.1. The van der Waals surface area contributed by atoms with Gasteiger partial charge in [0.15, 0.2) is 6.29 Å². The molecule has 3 fully saturated rings. The molecule has 1 spiro atoms. The number of nitrogens with zero attached hydrogens (tertiary/aromatic N) is 2. The third-order valence-corrected chi connectivity index (χ3v) is 11.3. The lowest BCUT2D eigenvalue weighted by molar-refractivity contribution is -0.276. The Morgan fingerprint density at radius 3 is 2.28 bits per heavy atom. The summed E-state index contributed by atoms with van der Waals surface area (Å²) in [6, 6.07) is 34.0. The molecule has 3 aliphatic rings. The number of para-hydroxylation sites is 1. The third-order valence-electron chi connectivity index (χ3n) is 10.8. The maximum absolute atomic E-state index is 13.3. The number of ether oxygens (including phenoxy) is 2. The number of aliphatic hydroxyl groups is 1. The quantitative estimate of drug-likeness (QED) is 0.157. The summed E-state index contributed by atoms with van der Waals surface area (Å²) in [4.78, 5) is 30.1. The van der Waals surface area contributed by atoms with Crippen LogP contribution in [0.3, 0.4) is 0 Å². The van der Waals surface area contributed by atoms with Gasteiger partial charge in [0.25, 0.3) is 9.70 Å². The van der Waals surface area contributed by atoms with Crippen molar-refractivity contribution in [2.75, 3.05) is 31.2 Å². The number of piperidine rings is 1. The van der Waals surface area contributed by atoms with Gasteiger partial charge in [0.2, 0.25) is 5.91 Å². The lowest BCUT2D eigenvalue weighted by atomic mass is 9.84. The number of aliphatic hydroxyl groups excluding tert-OH is 1. The summed E-state index contributed by atoms with van der Waals surface area (Å²) < 4.78 is 11.6. The monoisotopic (exact) mass is 776 g/mol. The molecule has 53 heavy (non-hydrogen) atoms. The van der Waals surface area contributed by atoms with Crippen LogP contribution in [0.5, 0.6) is 0 Å². The number of halogens is 3. The second-order valence-electron chi connectivity index (χ2n) is 14.1. The molecule has 278 valence electrons. The summed E-state index contributed by atoms with van der Waals surface area (Å²) in [5, 5.41) is 15.4. The number of carbonyl (C=O) groups excluding carboxylic acids is 2. The standard InChI is InChI=1S/C41H43Cl3N4O5/c1-27-35(24-47-19-17-40(18-20-47)38(50)46-26-48(40)34-11-3-2-4-12-34)52-37(53-36(27)30-15-13-28(25-49)14-16-30)33-10-6-9-32(22-33)31-8-5-7-29(21-31)23-45-39(51)41(42,43)44/h2-16,21-22,27,35-37,49H,17-20,23-26H2,1H3,(H,45,51)(H,46,50). The average Bonchev–Trinajstić information content (AvgIpc) is 3.49. The highest BCUT2D eigenvalue weighted by Gasteiger charge is 2.51. The summed E-state index contributed by atoms with van der Waals surface area (Å²) in [6.07, 6.45) is 0.370. The van der Waals surface area contributed by atoms with E-state index in [1.165, 1.54) is 0 Å². The predicted molar refractivity (Wildman–Crippen MR) is 207 cm³/mol. The second-order valence-corrected chi connectivity index (χ2v) is 16.4. The van der Waals surface area contributed by atoms with Crippen LogP contribution in [0.25, 0.3) is 11.1 Å². The van der Waals surface area contributed by atoms with Crippen LogP contribution in [0, 0.1) is 5.92 Å². The number of anilines is 1. The fourth-order valence-corrected chi connectivity index (χ4v) is 7.93. The molecule has 7 rings (SSSR count). The molecule has 3 N–H and O–H groups in total. The number of amides is 2. The smallest absolute Gasteiger partial charge is 0.272 e. The van der Waals surface area contributed by atoms with Crippen LogP contribution in [-0.2, 0) is 32.2 Å². The lowest BCUT2D eigenvalue weighted by Crippen LogP contribution is -2.57. The van der Waals surface area contributed by atoms with Crippen LogP contribution in [0.1, 0.15) is 54.4 Å². The minimum Gasteiger partial charge on any atom is -0.392 e. The van der Waals surface area contributed by atoms with Crippen molar-refractivity contribution in [3.63, 3.8) is 0 Å². The molecule has 0 bridgehead atoms. The average molecular weight is 778 g/mol. The summed E-state index contributed by atoms with van der Waals surface area (Å²) in [6.45, 7) is 5.07. The van der Waals surface area contributed by atoms with E-state index >= 15 is 0 Å². The number of rotatable bonds is 9. The van der Waals surface area contributed by atoms with Crippen LogP contribution in [0.15, 0.2) is 103 Å². The first-order chi connectivity index (χ1) is 25.5. The van der Waals surface area contributed by atoms with Gasteiger partial charge in [-0.05, 0) is 64.9 Å². The Morgan fingerprint density at radius 1 is 0.887 bits per heavy atom. The molecule has 4 unspecified atom stereocenters. The van der Waals surface area contributed by atoms with Crippen LogP contribution in [0.2, 0.25) is 0 Å². The number of hydrogen-bond acceptors (Lipinski definition) is 7. The normalized spacial score (nSPS) is 23.2. The van der Waals surface area contributed by atoms with Gasteiger partial charge in [-0.25, -0.2) is 0 Å². The summed E-state index contributed by atoms with van der Waals surface area (Å²) >= 11 is 17.2. The highest BCUT2D eigenvalue weighted by atomic mass is 35.6. The zero-order valence-electron chi connectivity index (χ0n) is 29.4. The number of carbonyl (C=O) groups is 2. The van der Waals surface area contributed by atoms with Crippen molar-refractivity contribution < 1.29 is 24.2 Å². The fraction of sp³-hybridized carbons (Fsp3) is 0.366. The van der Waals surface area contributed by atoms with Gasteiger partial charge in [-0.15, -0.1) is 0 Å². The van der Waals surface area contributed by atoms with Crippen molar-refractivity contribution in [2.45, 2.75) is 60.7 Å². The second kappa shape index (κ2) is 16.0. The van der Waals surface area contributed by atoms with E-state index in [0.29, 0.717) is 13.2 Å². The molecule has 3 aliphatic heterocycles. The van der Waals surface area contributed by atoms with Gasteiger partial charge in [-0.2, -0.15) is 0 Å². The van der Waals surface area contributed by atoms with Crippen molar-refractivity contribution in [1.29, 1.82) is 0 Å². The van der Waals surface area contributed by atoms with Crippen molar-refractivity contribution >= 4 is 52.3 Å². The van der Waals surface area contributed by atoms with Crippen LogP contribution < -0.4 is 15.5 Å². The molecule has 0 aliphatic carbocycles. The van der Waals surface area contributed by atoms with E-state index in [0.717, 1.165) is 65.0 Å². The van der Waals surface area contributed by atoms with Gasteiger partial charge in [-0.3, -0.25) is 9.59 Å². The van der Waals surface area contributed by atoms with Crippen LogP contribution in [-0.4, -0.2) is 63.6 Å². The molecule has 0 aromatic heterocycles. The highest BCUT2D eigenvalue weighted by molar-refractivity contribution is 6.76. The number of nitrogens with one attached hydrogen (secondary N) is 2. The van der Waals surface area contributed by atoms with E-state index in [-0.39, 0.29) is 37.2 Å². The van der Waals surface area contributed by atoms with E-state index in [1.54, 1.807) is 0 Å². The Morgan fingerprint density at radius 2 is 1.58 bits per heavy atom. The van der Waals surface area contributed by atoms with Gasteiger partial charge >= 0.3 is 0 Å². The molecule has 0 saturated carbocycles. The molecule has 3 saturated heterocycles. The van der Waals surface area contributed by atoms with E-state index in [2.05, 4.69) is 45.6 Å². The highest BCUT2D eigenvalue weighted by Crippen LogP contribution is 2.43. The van der Waals surface area contributed by atoms with Gasteiger partial charge in [0.05, 0.1) is 25.5 Å². The largest absolute Gasteiger partial charge is 0.392 e. The van der Waals surface area contributed by atoms with E-state index in [4.69, 9.17) is 44.3 Å². The molecule has 4 aromatic rings. The lowest BCUT2D eigenvalue weighted by Gasteiger charge is -2.46. The fourth-order valence-electron chi connectivity index (χ4n) is 7.73. The number of likely N-dealkylation sites (tertiary alicyclic amines) is 1. The van der Waals surface area contributed by atoms with E-state index in [1.807, 2.05) is 84.9 Å². The summed E-state index contributed by atoms with van der Waals surface area (Å²) in [5.41, 5.74) is 6.00. The maximum Gasteiger partial charge on any atom is 0.272 e. The third kappa shape index (κ3) is 8.22. The summed E-state index contributed by atoms with van der Waals surface area (Å²) in [5.74, 6) is -0.574. The van der Waals surface area contributed by atoms with Crippen molar-refractivity contribution in [1.82, 2.24) is 15.5 Å². The molecular formula is C41H43Cl3N4O5. The Labute approximate surface area is 325 Å². The molecule has 0 radical (unpaired) electrons. The van der Waals surface area contributed by atoms with Gasteiger partial charge in [-0.1, -0.05) is 121 Å². The molecular weight excluding hydrogens is 735 g/mol. The van der Waals surface area contributed by atoms with Gasteiger partial charge in [0, 0.05) is 43.3 Å². The van der Waals surface area contributed by atoms with Gasteiger partial charge in [0.1, 0.15) is 5.54 Å². The molecule has 4 atom stereocenters.